The average Bonchev–Trinajstić information content (AvgIpc) is 3.71. The summed E-state index contributed by atoms with van der Waals surface area (Å²) in [6.45, 7) is 7.52. The topological polar surface area (TPSA) is 40.6 Å². The molecule has 2 heterocycles. The van der Waals surface area contributed by atoms with E-state index in [-0.39, 0.29) is 0 Å². The fraction of sp³-hybridized carbons (Fsp3) is 0.500. The highest BCUT2D eigenvalue weighted by Crippen LogP contribution is 2.55. The number of hydrogen-bond donors (Lipinski definition) is 0. The molecule has 3 aliphatic carbocycles. The highest BCUT2D eigenvalue weighted by Gasteiger charge is 2.44. The lowest BCUT2D eigenvalue weighted by Crippen LogP contribution is -2.26. The van der Waals surface area contributed by atoms with Crippen molar-refractivity contribution >= 4 is 22.0 Å². The van der Waals surface area contributed by atoms with Crippen molar-refractivity contribution in [2.75, 3.05) is 27.1 Å². The zero-order valence-corrected chi connectivity index (χ0v) is 23.7. The van der Waals surface area contributed by atoms with Crippen LogP contribution in [-0.2, 0) is 20.6 Å². The molecule has 0 N–H and O–H groups in total. The van der Waals surface area contributed by atoms with Crippen LogP contribution in [0.1, 0.15) is 69.6 Å². The van der Waals surface area contributed by atoms with Crippen molar-refractivity contribution in [3.05, 3.63) is 76.2 Å². The van der Waals surface area contributed by atoms with Gasteiger partial charge < -0.3 is 14.2 Å². The highest BCUT2D eigenvalue weighted by atomic mass is 19.1. The molecule has 4 nitrogen and oxygen atoms in total. The second-order valence-corrected chi connectivity index (χ2v) is 12.2. The van der Waals surface area contributed by atoms with Gasteiger partial charge in [0.05, 0.1) is 12.1 Å². The summed E-state index contributed by atoms with van der Waals surface area (Å²) in [6, 6.07) is 6.98. The number of benzene rings is 1. The summed E-state index contributed by atoms with van der Waals surface area (Å²) in [5.74, 6) is 2.53. The van der Waals surface area contributed by atoms with Gasteiger partial charge in [0, 0.05) is 35.4 Å². The molecule has 0 spiro atoms. The van der Waals surface area contributed by atoms with E-state index in [1.807, 2.05) is 13.1 Å². The van der Waals surface area contributed by atoms with Crippen molar-refractivity contribution in [1.29, 1.82) is 0 Å². The number of hydrogen-bond acceptors (Lipinski definition) is 4. The Bertz CT molecular complexity index is 1390. The summed E-state index contributed by atoms with van der Waals surface area (Å²) >= 11 is 0. The van der Waals surface area contributed by atoms with Gasteiger partial charge in [0.1, 0.15) is 24.8 Å². The smallest absolute Gasteiger partial charge is 0.146 e. The first-order chi connectivity index (χ1) is 18.8. The summed E-state index contributed by atoms with van der Waals surface area (Å²) in [4.78, 5) is 5.07. The first-order valence-electron chi connectivity index (χ1n) is 14.4. The Morgan fingerprint density at radius 3 is 2.69 bits per heavy atom. The van der Waals surface area contributed by atoms with Gasteiger partial charge in [-0.25, -0.2) is 4.39 Å². The van der Waals surface area contributed by atoms with Gasteiger partial charge >= 0.3 is 0 Å². The van der Waals surface area contributed by atoms with Crippen LogP contribution in [0.3, 0.4) is 0 Å². The molecule has 6 rings (SSSR count). The minimum absolute atomic E-state index is 0.322. The molecular weight excluding hydrogens is 489 g/mol. The Labute approximate surface area is 231 Å². The molecule has 0 saturated heterocycles. The number of alkyl halides is 1. The van der Waals surface area contributed by atoms with Gasteiger partial charge in [-0.1, -0.05) is 12.2 Å². The van der Waals surface area contributed by atoms with Gasteiger partial charge in [-0.05, 0) is 124 Å². The maximum absolute atomic E-state index is 14.5. The fourth-order valence-corrected chi connectivity index (χ4v) is 6.86. The SMILES string of the molecule is COCOCC1=CC=C(c2cc(CC3CCC(C)(F)CC3)cc3cc(C4=C(C)OCC=C4C)cnc23)C2CC12. The summed E-state index contributed by atoms with van der Waals surface area (Å²) in [5.41, 5.74) is 8.84. The standard InChI is InChI=1S/C34H40FNO3/c1-21-9-12-39-22(2)32(21)27-16-26-14-24(13-23-7-10-34(3,35)11-8-23)15-31(33(26)36-18-27)28-6-5-25(19-38-20-37-4)29-17-30(28)29/h5-6,9,14-16,18,23,29-30H,7-8,10-13,17,19-20H2,1-4H3. The molecule has 5 heteroatoms. The number of pyridine rings is 1. The number of allylic oxidation sites excluding steroid dienone is 6. The van der Waals surface area contributed by atoms with E-state index in [1.54, 1.807) is 14.0 Å². The Morgan fingerprint density at radius 2 is 1.92 bits per heavy atom. The van der Waals surface area contributed by atoms with E-state index in [2.05, 4.69) is 43.4 Å². The number of rotatable bonds is 8. The first-order valence-corrected chi connectivity index (χ1v) is 14.4. The van der Waals surface area contributed by atoms with Crippen LogP contribution in [0.15, 0.2) is 59.5 Å². The van der Waals surface area contributed by atoms with Gasteiger partial charge in [0.15, 0.2) is 0 Å². The molecule has 1 aliphatic heterocycles. The van der Waals surface area contributed by atoms with E-state index in [0.29, 0.717) is 50.6 Å². The monoisotopic (exact) mass is 529 g/mol. The van der Waals surface area contributed by atoms with Crippen molar-refractivity contribution in [2.24, 2.45) is 17.8 Å². The van der Waals surface area contributed by atoms with E-state index >= 15 is 0 Å². The van der Waals surface area contributed by atoms with Gasteiger partial charge in [0.2, 0.25) is 0 Å². The third-order valence-electron chi connectivity index (χ3n) is 9.16. The van der Waals surface area contributed by atoms with Crippen LogP contribution in [0, 0.1) is 17.8 Å². The van der Waals surface area contributed by atoms with Crippen LogP contribution in [-0.4, -0.2) is 37.8 Å². The van der Waals surface area contributed by atoms with Crippen LogP contribution in [0.5, 0.6) is 0 Å². The van der Waals surface area contributed by atoms with Crippen LogP contribution in [0.25, 0.3) is 22.0 Å². The number of fused-ring (bicyclic) bond motifs is 2. The summed E-state index contributed by atoms with van der Waals surface area (Å²) in [5, 5.41) is 1.17. The number of nitrogens with zero attached hydrogens (tertiary/aromatic N) is 1. The molecule has 206 valence electrons. The van der Waals surface area contributed by atoms with Gasteiger partial charge in [-0.15, -0.1) is 0 Å². The van der Waals surface area contributed by atoms with Crippen LogP contribution in [0.4, 0.5) is 4.39 Å². The molecule has 2 saturated carbocycles. The maximum Gasteiger partial charge on any atom is 0.146 e. The Morgan fingerprint density at radius 1 is 1.10 bits per heavy atom. The number of halogens is 1. The van der Waals surface area contributed by atoms with Crippen LogP contribution < -0.4 is 0 Å². The molecule has 2 atom stereocenters. The molecule has 0 radical (unpaired) electrons. The molecule has 1 aromatic carbocycles. The molecule has 2 aromatic rings. The second-order valence-electron chi connectivity index (χ2n) is 12.2. The van der Waals surface area contributed by atoms with E-state index in [0.717, 1.165) is 48.1 Å². The molecule has 1 aromatic heterocycles. The van der Waals surface area contributed by atoms with Crippen molar-refractivity contribution in [3.8, 4) is 0 Å². The molecule has 2 unspecified atom stereocenters. The largest absolute Gasteiger partial charge is 0.494 e. The van der Waals surface area contributed by atoms with Gasteiger partial charge in [-0.2, -0.15) is 0 Å². The lowest BCUT2D eigenvalue weighted by Gasteiger charge is -2.31. The van der Waals surface area contributed by atoms with Crippen molar-refractivity contribution in [2.45, 2.75) is 65.0 Å². The van der Waals surface area contributed by atoms with E-state index in [1.165, 1.54) is 33.2 Å². The summed E-state index contributed by atoms with van der Waals surface area (Å²) in [6.07, 6.45) is 14.0. The molecule has 0 amide bonds. The van der Waals surface area contributed by atoms with Gasteiger partial charge in [-0.3, -0.25) is 4.98 Å². The molecule has 4 aliphatic rings. The van der Waals surface area contributed by atoms with Gasteiger partial charge in [0.25, 0.3) is 0 Å². The molecule has 2 fully saturated rings. The normalized spacial score (nSPS) is 28.4. The van der Waals surface area contributed by atoms with Crippen LogP contribution >= 0.6 is 0 Å². The predicted molar refractivity (Wildman–Crippen MR) is 155 cm³/mol. The lowest BCUT2D eigenvalue weighted by molar-refractivity contribution is -0.0221. The predicted octanol–water partition coefficient (Wildman–Crippen LogP) is 7.98. The van der Waals surface area contributed by atoms with Crippen molar-refractivity contribution < 1.29 is 18.6 Å². The Kier molecular flexibility index (Phi) is 7.24. The second kappa shape index (κ2) is 10.7. The fourth-order valence-electron chi connectivity index (χ4n) is 6.86. The lowest BCUT2D eigenvalue weighted by atomic mass is 9.78. The van der Waals surface area contributed by atoms with Crippen molar-refractivity contribution in [3.63, 3.8) is 0 Å². The molecule has 39 heavy (non-hydrogen) atoms. The quantitative estimate of drug-likeness (QED) is 0.257. The summed E-state index contributed by atoms with van der Waals surface area (Å²) < 4.78 is 31.1. The Hall–Kier alpha value is -2.76. The maximum atomic E-state index is 14.5. The average molecular weight is 530 g/mol. The third kappa shape index (κ3) is 5.49. The van der Waals surface area contributed by atoms with Crippen molar-refractivity contribution in [1.82, 2.24) is 4.98 Å². The first kappa shape index (κ1) is 26.5. The molecule has 0 bridgehead atoms. The number of methoxy groups -OCH3 is 1. The minimum Gasteiger partial charge on any atom is -0.494 e. The van der Waals surface area contributed by atoms with E-state index < -0.39 is 5.67 Å². The van der Waals surface area contributed by atoms with E-state index in [9.17, 15) is 4.39 Å². The minimum atomic E-state index is -1.01. The summed E-state index contributed by atoms with van der Waals surface area (Å²) in [7, 11) is 1.66. The highest BCUT2D eigenvalue weighted by molar-refractivity contribution is 5.95. The molecular formula is C34H40FNO3. The van der Waals surface area contributed by atoms with Crippen LogP contribution in [0.2, 0.25) is 0 Å². The van der Waals surface area contributed by atoms with E-state index in [4.69, 9.17) is 19.2 Å². The zero-order chi connectivity index (χ0) is 27.1. The Balaban J connectivity index is 1.38. The zero-order valence-electron chi connectivity index (χ0n) is 23.7. The number of ether oxygens (including phenoxy) is 3. The third-order valence-corrected chi connectivity index (χ3v) is 9.16. The number of aromatic nitrogens is 1.